The number of carboxylic acid groups (broad SMARTS) is 1. The molecule has 0 unspecified atom stereocenters. The number of benzene rings is 1. The lowest BCUT2D eigenvalue weighted by molar-refractivity contribution is 0.0699. The fourth-order valence-corrected chi connectivity index (χ4v) is 4.09. The maximum atomic E-state index is 11.9. The van der Waals surface area contributed by atoms with Crippen LogP contribution in [0.1, 0.15) is 17.3 Å². The van der Waals surface area contributed by atoms with Gasteiger partial charge in [0.15, 0.2) is 0 Å². The molecule has 2 N–H and O–H groups in total. The molecular formula is C20H22N6O4S. The number of piperazine rings is 1. The van der Waals surface area contributed by atoms with Crippen molar-refractivity contribution in [2.75, 3.05) is 46.5 Å². The lowest BCUT2D eigenvalue weighted by Gasteiger charge is -2.35. The van der Waals surface area contributed by atoms with Crippen LogP contribution in [0.2, 0.25) is 0 Å². The molecule has 31 heavy (non-hydrogen) atoms. The van der Waals surface area contributed by atoms with E-state index in [2.05, 4.69) is 24.6 Å². The van der Waals surface area contributed by atoms with Crippen molar-refractivity contribution in [3.63, 3.8) is 0 Å². The normalized spacial score (nSPS) is 14.6. The van der Waals surface area contributed by atoms with Gasteiger partial charge in [-0.25, -0.2) is 28.2 Å². The second kappa shape index (κ2) is 8.34. The molecule has 0 saturated carbocycles. The monoisotopic (exact) mass is 442 g/mol. The Morgan fingerprint density at radius 2 is 1.77 bits per heavy atom. The van der Waals surface area contributed by atoms with E-state index in [0.29, 0.717) is 54.5 Å². The Morgan fingerprint density at radius 1 is 1.10 bits per heavy atom. The lowest BCUT2D eigenvalue weighted by atomic mass is 10.1. The van der Waals surface area contributed by atoms with Crippen molar-refractivity contribution in [2.24, 2.45) is 0 Å². The maximum Gasteiger partial charge on any atom is 0.336 e. The number of nitrogens with zero attached hydrogens (tertiary/aromatic N) is 5. The number of fused-ring (bicyclic) bond motifs is 1. The van der Waals surface area contributed by atoms with Crippen molar-refractivity contribution in [2.45, 2.75) is 6.92 Å². The van der Waals surface area contributed by atoms with Crippen LogP contribution in [0.5, 0.6) is 0 Å². The van der Waals surface area contributed by atoms with Crippen molar-refractivity contribution in [3.8, 4) is 0 Å². The van der Waals surface area contributed by atoms with E-state index in [4.69, 9.17) is 0 Å². The van der Waals surface area contributed by atoms with E-state index in [0.717, 1.165) is 0 Å². The molecule has 1 saturated heterocycles. The number of carbonyl (C=O) groups is 1. The molecule has 3 aromatic rings. The number of rotatable bonds is 6. The summed E-state index contributed by atoms with van der Waals surface area (Å²) in [5.74, 6) is 0.0661. The van der Waals surface area contributed by atoms with Gasteiger partial charge in [-0.1, -0.05) is 0 Å². The fourth-order valence-electron chi connectivity index (χ4n) is 3.46. The number of aromatic nitrogens is 3. The number of aromatic carboxylic acids is 1. The van der Waals surface area contributed by atoms with Crippen molar-refractivity contribution < 1.29 is 18.3 Å². The molecule has 0 amide bonds. The summed E-state index contributed by atoms with van der Waals surface area (Å²) >= 11 is 0. The summed E-state index contributed by atoms with van der Waals surface area (Å²) in [4.78, 5) is 29.2. The van der Waals surface area contributed by atoms with Gasteiger partial charge in [0, 0.05) is 49.6 Å². The van der Waals surface area contributed by atoms with E-state index in [1.807, 2.05) is 4.90 Å². The average molecular weight is 443 g/mol. The van der Waals surface area contributed by atoms with Gasteiger partial charge in [0.05, 0.1) is 16.8 Å². The van der Waals surface area contributed by atoms with E-state index in [-0.39, 0.29) is 11.3 Å². The molecule has 0 spiro atoms. The van der Waals surface area contributed by atoms with Gasteiger partial charge in [0.2, 0.25) is 16.0 Å². The first-order valence-corrected chi connectivity index (χ1v) is 11.5. The molecule has 0 atom stereocenters. The molecule has 0 radical (unpaired) electrons. The van der Waals surface area contributed by atoms with E-state index in [1.165, 1.54) is 19.1 Å². The van der Waals surface area contributed by atoms with Gasteiger partial charge in [-0.05, 0) is 37.3 Å². The Hall–Kier alpha value is -3.47. The number of hydrogen-bond donors (Lipinski definition) is 2. The van der Waals surface area contributed by atoms with Gasteiger partial charge < -0.3 is 14.9 Å². The van der Waals surface area contributed by atoms with Gasteiger partial charge in [-0.3, -0.25) is 4.72 Å². The molecular weight excluding hydrogens is 420 g/mol. The van der Waals surface area contributed by atoms with Crippen LogP contribution in [0.15, 0.2) is 42.7 Å². The number of nitrogens with one attached hydrogen (secondary N) is 1. The quantitative estimate of drug-likeness (QED) is 0.587. The predicted molar refractivity (Wildman–Crippen MR) is 118 cm³/mol. The average Bonchev–Trinajstić information content (AvgIpc) is 2.78. The van der Waals surface area contributed by atoms with Crippen molar-refractivity contribution >= 4 is 44.3 Å². The van der Waals surface area contributed by atoms with Crippen LogP contribution >= 0.6 is 0 Å². The molecule has 3 heterocycles. The van der Waals surface area contributed by atoms with Crippen molar-refractivity contribution in [3.05, 3.63) is 48.3 Å². The highest BCUT2D eigenvalue weighted by Gasteiger charge is 2.22. The van der Waals surface area contributed by atoms with E-state index in [1.54, 1.807) is 30.6 Å². The Kier molecular flexibility index (Phi) is 5.59. The Labute approximate surface area is 179 Å². The van der Waals surface area contributed by atoms with Crippen LogP contribution in [0.3, 0.4) is 0 Å². The van der Waals surface area contributed by atoms with E-state index in [9.17, 15) is 18.3 Å². The molecule has 1 fully saturated rings. The number of sulfonamides is 1. The molecule has 1 aliphatic heterocycles. The van der Waals surface area contributed by atoms with Crippen LogP contribution in [-0.2, 0) is 10.0 Å². The molecule has 10 nitrogen and oxygen atoms in total. The molecule has 162 valence electrons. The fraction of sp³-hybridized carbons (Fsp3) is 0.300. The zero-order valence-electron chi connectivity index (χ0n) is 16.9. The Balaban J connectivity index is 1.61. The number of anilines is 3. The summed E-state index contributed by atoms with van der Waals surface area (Å²) in [7, 11) is -3.47. The van der Waals surface area contributed by atoms with Crippen LogP contribution in [0.25, 0.3) is 10.9 Å². The van der Waals surface area contributed by atoms with Crippen molar-refractivity contribution in [1.82, 2.24) is 15.0 Å². The third-order valence-corrected chi connectivity index (χ3v) is 6.42. The summed E-state index contributed by atoms with van der Waals surface area (Å²) in [6.07, 6.45) is 3.40. The van der Waals surface area contributed by atoms with Crippen LogP contribution in [0.4, 0.5) is 17.5 Å². The molecule has 0 bridgehead atoms. The molecule has 0 aliphatic carbocycles. The smallest absolute Gasteiger partial charge is 0.336 e. The highest BCUT2D eigenvalue weighted by Crippen LogP contribution is 2.27. The third kappa shape index (κ3) is 4.50. The maximum absolute atomic E-state index is 11.9. The molecule has 2 aromatic heterocycles. The van der Waals surface area contributed by atoms with Gasteiger partial charge in [0.1, 0.15) is 5.82 Å². The SMILES string of the molecule is CCS(=O)(=O)Nc1ccc2nc(N3CCN(c4ncccn4)CC3)cc(C(=O)O)c2c1. The first kappa shape index (κ1) is 20.8. The Bertz CT molecular complexity index is 1210. The predicted octanol–water partition coefficient (Wildman–Crippen LogP) is 1.81. The largest absolute Gasteiger partial charge is 0.478 e. The van der Waals surface area contributed by atoms with Crippen LogP contribution in [0, 0.1) is 0 Å². The van der Waals surface area contributed by atoms with E-state index >= 15 is 0 Å². The highest BCUT2D eigenvalue weighted by molar-refractivity contribution is 7.92. The molecule has 1 aromatic carbocycles. The summed E-state index contributed by atoms with van der Waals surface area (Å²) in [6.45, 7) is 4.19. The van der Waals surface area contributed by atoms with Crippen molar-refractivity contribution in [1.29, 1.82) is 0 Å². The first-order valence-electron chi connectivity index (χ1n) is 9.82. The first-order chi connectivity index (χ1) is 14.9. The second-order valence-electron chi connectivity index (χ2n) is 7.09. The lowest BCUT2D eigenvalue weighted by Crippen LogP contribution is -2.47. The standard InChI is InChI=1S/C20H22N6O4S/c1-2-31(29,30)24-14-4-5-17-15(12-14)16(19(27)28)13-18(23-17)25-8-10-26(11-9-25)20-21-6-3-7-22-20/h3-7,12-13,24H,2,8-11H2,1H3,(H,27,28). The zero-order valence-corrected chi connectivity index (χ0v) is 17.7. The third-order valence-electron chi connectivity index (χ3n) is 5.12. The highest BCUT2D eigenvalue weighted by atomic mass is 32.2. The van der Waals surface area contributed by atoms with Gasteiger partial charge in [-0.15, -0.1) is 0 Å². The molecule has 4 rings (SSSR count). The summed E-state index contributed by atoms with van der Waals surface area (Å²) < 4.78 is 26.1. The van der Waals surface area contributed by atoms with E-state index < -0.39 is 16.0 Å². The second-order valence-corrected chi connectivity index (χ2v) is 9.10. The zero-order chi connectivity index (χ0) is 22.0. The van der Waals surface area contributed by atoms with Gasteiger partial charge in [0.25, 0.3) is 0 Å². The van der Waals surface area contributed by atoms with Crippen LogP contribution < -0.4 is 14.5 Å². The summed E-state index contributed by atoms with van der Waals surface area (Å²) in [5.41, 5.74) is 0.873. The number of carboxylic acids is 1. The summed E-state index contributed by atoms with van der Waals surface area (Å²) in [5, 5.41) is 10.1. The van der Waals surface area contributed by atoms with Crippen LogP contribution in [-0.4, -0.2) is 66.4 Å². The minimum absolute atomic E-state index is 0.0753. The minimum atomic E-state index is -3.47. The Morgan fingerprint density at radius 3 is 2.42 bits per heavy atom. The topological polar surface area (TPSA) is 129 Å². The number of hydrogen-bond acceptors (Lipinski definition) is 8. The summed E-state index contributed by atoms with van der Waals surface area (Å²) in [6, 6.07) is 8.03. The minimum Gasteiger partial charge on any atom is -0.478 e. The van der Waals surface area contributed by atoms with Gasteiger partial charge in [-0.2, -0.15) is 0 Å². The molecule has 11 heteroatoms. The molecule has 1 aliphatic rings. The van der Waals surface area contributed by atoms with Gasteiger partial charge >= 0.3 is 5.97 Å². The number of pyridine rings is 1.